The van der Waals surface area contributed by atoms with Crippen LogP contribution in [0, 0.1) is 5.41 Å². The van der Waals surface area contributed by atoms with Crippen LogP contribution in [0.3, 0.4) is 0 Å². The van der Waals surface area contributed by atoms with Gasteiger partial charge in [0.15, 0.2) is 5.78 Å². The van der Waals surface area contributed by atoms with Gasteiger partial charge in [-0.2, -0.15) is 0 Å². The fraction of sp³-hybridized carbons (Fsp3) is 0.818. The molecule has 1 atom stereocenters. The van der Waals surface area contributed by atoms with Crippen molar-refractivity contribution in [1.29, 1.82) is 0 Å². The molecular formula is C11H19NO4. The van der Waals surface area contributed by atoms with Crippen LogP contribution in [0.15, 0.2) is 0 Å². The van der Waals surface area contributed by atoms with Gasteiger partial charge in [0.2, 0.25) is 0 Å². The molecule has 0 aromatic heterocycles. The van der Waals surface area contributed by atoms with Gasteiger partial charge in [-0.25, -0.2) is 0 Å². The van der Waals surface area contributed by atoms with Crippen LogP contribution in [-0.4, -0.2) is 57.6 Å². The minimum absolute atomic E-state index is 0.0647. The average molecular weight is 229 g/mol. The third-order valence-corrected chi connectivity index (χ3v) is 3.18. The van der Waals surface area contributed by atoms with E-state index in [2.05, 4.69) is 0 Å². The summed E-state index contributed by atoms with van der Waals surface area (Å²) in [4.78, 5) is 25.7. The van der Waals surface area contributed by atoms with E-state index < -0.39 is 11.4 Å². The van der Waals surface area contributed by atoms with Gasteiger partial charge < -0.3 is 9.47 Å². The number of likely N-dealkylation sites (tertiary alicyclic amines) is 1. The van der Waals surface area contributed by atoms with E-state index in [0.29, 0.717) is 26.0 Å². The van der Waals surface area contributed by atoms with Crippen LogP contribution in [0.4, 0.5) is 0 Å². The van der Waals surface area contributed by atoms with Crippen molar-refractivity contribution in [3.63, 3.8) is 0 Å². The van der Waals surface area contributed by atoms with Crippen LogP contribution in [-0.2, 0) is 19.1 Å². The molecule has 0 spiro atoms. The van der Waals surface area contributed by atoms with Crippen LogP contribution in [0.2, 0.25) is 0 Å². The summed E-state index contributed by atoms with van der Waals surface area (Å²) >= 11 is 0. The van der Waals surface area contributed by atoms with Crippen molar-refractivity contribution in [2.45, 2.75) is 12.8 Å². The monoisotopic (exact) mass is 229 g/mol. The van der Waals surface area contributed by atoms with Gasteiger partial charge in [0, 0.05) is 13.7 Å². The van der Waals surface area contributed by atoms with Crippen molar-refractivity contribution in [3.05, 3.63) is 0 Å². The predicted octanol–water partition coefficient (Wildman–Crippen LogP) is 0.0869. The second-order valence-electron chi connectivity index (χ2n) is 4.23. The van der Waals surface area contributed by atoms with Crippen LogP contribution in [0.1, 0.15) is 12.8 Å². The van der Waals surface area contributed by atoms with E-state index in [9.17, 15) is 9.59 Å². The van der Waals surface area contributed by atoms with Crippen molar-refractivity contribution >= 4 is 11.8 Å². The second kappa shape index (κ2) is 5.41. The molecule has 0 N–H and O–H groups in total. The Morgan fingerprint density at radius 3 is 2.69 bits per heavy atom. The summed E-state index contributed by atoms with van der Waals surface area (Å²) in [5.41, 5.74) is -0.989. The second-order valence-corrected chi connectivity index (χ2v) is 4.23. The van der Waals surface area contributed by atoms with E-state index in [1.54, 1.807) is 7.11 Å². The molecule has 0 aromatic rings. The highest BCUT2D eigenvalue weighted by Gasteiger charge is 2.48. The summed E-state index contributed by atoms with van der Waals surface area (Å²) < 4.78 is 9.73. The average Bonchev–Trinajstić information content (AvgIpc) is 2.27. The number of piperidine rings is 1. The summed E-state index contributed by atoms with van der Waals surface area (Å²) in [5, 5.41) is 0. The molecule has 1 aliphatic heterocycles. The Morgan fingerprint density at radius 1 is 1.50 bits per heavy atom. The van der Waals surface area contributed by atoms with Crippen molar-refractivity contribution in [3.8, 4) is 0 Å². The van der Waals surface area contributed by atoms with E-state index in [1.807, 2.05) is 11.9 Å². The Labute approximate surface area is 95.7 Å². The molecule has 1 aliphatic rings. The Bertz CT molecular complexity index is 275. The number of carbonyl (C=O) groups excluding carboxylic acids is 2. The van der Waals surface area contributed by atoms with Gasteiger partial charge >= 0.3 is 5.97 Å². The number of likely N-dealkylation sites (N-methyl/N-ethyl adjacent to an activating group) is 1. The zero-order chi connectivity index (χ0) is 12.2. The molecule has 0 saturated carbocycles. The van der Waals surface area contributed by atoms with E-state index in [-0.39, 0.29) is 5.78 Å². The normalized spacial score (nSPS) is 26.8. The van der Waals surface area contributed by atoms with Crippen LogP contribution in [0.25, 0.3) is 0 Å². The molecular weight excluding hydrogens is 210 g/mol. The number of esters is 1. The lowest BCUT2D eigenvalue weighted by molar-refractivity contribution is -0.162. The number of carbonyl (C=O) groups is 2. The maximum absolute atomic E-state index is 12.0. The number of ether oxygens (including phenoxy) is 2. The van der Waals surface area contributed by atoms with E-state index >= 15 is 0 Å². The number of ketones is 1. The molecule has 1 fully saturated rings. The highest BCUT2D eigenvalue weighted by Crippen LogP contribution is 2.33. The van der Waals surface area contributed by atoms with Gasteiger partial charge in [0.1, 0.15) is 5.41 Å². The zero-order valence-corrected chi connectivity index (χ0v) is 10.1. The summed E-state index contributed by atoms with van der Waals surface area (Å²) in [6.07, 6.45) is 0.918. The number of hydrogen-bond acceptors (Lipinski definition) is 5. The highest BCUT2D eigenvalue weighted by molar-refractivity contribution is 6.05. The summed E-state index contributed by atoms with van der Waals surface area (Å²) in [7, 11) is 4.75. The lowest BCUT2D eigenvalue weighted by Gasteiger charge is -2.36. The molecule has 1 rings (SSSR count). The predicted molar refractivity (Wildman–Crippen MR) is 58.1 cm³/mol. The molecule has 1 saturated heterocycles. The number of nitrogens with zero attached hydrogens (tertiary/aromatic N) is 1. The summed E-state index contributed by atoms with van der Waals surface area (Å²) in [5.74, 6) is -0.493. The van der Waals surface area contributed by atoms with E-state index in [1.165, 1.54) is 7.11 Å². The molecule has 5 nitrogen and oxygen atoms in total. The number of rotatable bonds is 4. The maximum Gasteiger partial charge on any atom is 0.319 e. The molecule has 0 bridgehead atoms. The van der Waals surface area contributed by atoms with E-state index in [0.717, 1.165) is 6.54 Å². The maximum atomic E-state index is 12.0. The fourth-order valence-electron chi connectivity index (χ4n) is 2.05. The molecule has 0 aliphatic carbocycles. The summed E-state index contributed by atoms with van der Waals surface area (Å²) in [6.45, 7) is 1.42. The summed E-state index contributed by atoms with van der Waals surface area (Å²) in [6, 6.07) is 0. The number of hydrogen-bond donors (Lipinski definition) is 0. The molecule has 0 radical (unpaired) electrons. The van der Waals surface area contributed by atoms with Crippen molar-refractivity contribution in [2.75, 3.05) is 41.0 Å². The highest BCUT2D eigenvalue weighted by atomic mass is 16.5. The van der Waals surface area contributed by atoms with Crippen LogP contribution >= 0.6 is 0 Å². The van der Waals surface area contributed by atoms with Gasteiger partial charge in [0.05, 0.1) is 13.7 Å². The van der Waals surface area contributed by atoms with Crippen LogP contribution < -0.4 is 0 Å². The van der Waals surface area contributed by atoms with E-state index in [4.69, 9.17) is 9.47 Å². The van der Waals surface area contributed by atoms with Crippen molar-refractivity contribution in [2.24, 2.45) is 5.41 Å². The minimum Gasteiger partial charge on any atom is -0.468 e. The number of Topliss-reactive ketones (excluding diaryl/α,β-unsaturated/α-hetero) is 1. The Kier molecular flexibility index (Phi) is 4.44. The van der Waals surface area contributed by atoms with Gasteiger partial charge in [0.25, 0.3) is 0 Å². The molecule has 0 aromatic carbocycles. The minimum atomic E-state index is -0.989. The molecule has 92 valence electrons. The first-order valence-corrected chi connectivity index (χ1v) is 5.36. The lowest BCUT2D eigenvalue weighted by atomic mass is 9.75. The standard InChI is InChI=1S/C11H19NO4/c1-12-6-4-11(5-7-15-2,9(13)8-12)10(14)16-3/h4-8H2,1-3H3. The quantitative estimate of drug-likeness (QED) is 0.505. The zero-order valence-electron chi connectivity index (χ0n) is 10.1. The first kappa shape index (κ1) is 13.1. The largest absolute Gasteiger partial charge is 0.468 e. The first-order valence-electron chi connectivity index (χ1n) is 5.36. The SMILES string of the molecule is COCCC1(C(=O)OC)CCN(C)CC1=O. The lowest BCUT2D eigenvalue weighted by Crippen LogP contribution is -2.51. The van der Waals surface area contributed by atoms with Gasteiger partial charge in [-0.15, -0.1) is 0 Å². The van der Waals surface area contributed by atoms with Crippen molar-refractivity contribution in [1.82, 2.24) is 4.90 Å². The molecule has 1 unspecified atom stereocenters. The molecule has 16 heavy (non-hydrogen) atoms. The van der Waals surface area contributed by atoms with Gasteiger partial charge in [-0.1, -0.05) is 0 Å². The molecule has 0 amide bonds. The third-order valence-electron chi connectivity index (χ3n) is 3.18. The third kappa shape index (κ3) is 2.41. The molecule has 5 heteroatoms. The topological polar surface area (TPSA) is 55.8 Å². The van der Waals surface area contributed by atoms with Crippen LogP contribution in [0.5, 0.6) is 0 Å². The fourth-order valence-corrected chi connectivity index (χ4v) is 2.05. The smallest absolute Gasteiger partial charge is 0.319 e. The Balaban J connectivity index is 2.85. The molecule has 1 heterocycles. The number of methoxy groups -OCH3 is 2. The Morgan fingerprint density at radius 2 is 2.19 bits per heavy atom. The first-order chi connectivity index (χ1) is 7.56. The van der Waals surface area contributed by atoms with Crippen molar-refractivity contribution < 1.29 is 19.1 Å². The van der Waals surface area contributed by atoms with Gasteiger partial charge in [-0.3, -0.25) is 14.5 Å². The van der Waals surface area contributed by atoms with Gasteiger partial charge in [-0.05, 0) is 26.4 Å². The Hall–Kier alpha value is -0.940.